The first-order valence-electron chi connectivity index (χ1n) is 17.6. The van der Waals surface area contributed by atoms with Crippen LogP contribution in [0.1, 0.15) is 51.5 Å². The van der Waals surface area contributed by atoms with Crippen molar-refractivity contribution >= 4 is 34.9 Å². The van der Waals surface area contributed by atoms with Crippen LogP contribution in [-0.4, -0.2) is 84.8 Å². The molecule has 18 nitrogen and oxygen atoms in total. The molecule has 0 saturated carbocycles. The first kappa shape index (κ1) is 42.4. The molecular formula is C36H49N9O9. The smallest absolute Gasteiger partial charge is 0.341 e. The van der Waals surface area contributed by atoms with Gasteiger partial charge in [-0.25, -0.2) is 14.6 Å². The SMILES string of the molecule is CCCn1c(=O)c2[nH]c(-c3ccc(OCC(=O)O)cc3)nc2n(CCC)c1=O.NCCCC[C@@H](NC(=O)[C@@H](N)Cc1ccc(O)cc1)C(=O)NCC(N)=O. The Morgan fingerprint density at radius 3 is 2.19 bits per heavy atom. The number of aliphatic carboxylic acids is 1. The molecule has 18 heteroatoms. The van der Waals surface area contributed by atoms with Crippen LogP contribution in [0.15, 0.2) is 58.1 Å². The molecule has 2 aromatic heterocycles. The van der Waals surface area contributed by atoms with E-state index in [1.165, 1.54) is 21.3 Å². The molecule has 11 N–H and O–H groups in total. The van der Waals surface area contributed by atoms with E-state index in [0.29, 0.717) is 73.6 Å². The Balaban J connectivity index is 0.000000292. The number of rotatable bonds is 19. The number of aromatic nitrogens is 4. The number of H-pyrrole nitrogens is 1. The van der Waals surface area contributed by atoms with Gasteiger partial charge in [0.25, 0.3) is 5.56 Å². The van der Waals surface area contributed by atoms with E-state index in [1.807, 2.05) is 13.8 Å². The maximum Gasteiger partial charge on any atom is 0.341 e. The zero-order chi connectivity index (χ0) is 39.8. The van der Waals surface area contributed by atoms with Crippen LogP contribution >= 0.6 is 0 Å². The van der Waals surface area contributed by atoms with Crippen molar-refractivity contribution in [3.8, 4) is 22.9 Å². The molecule has 4 rings (SSSR count). The average Bonchev–Trinajstić information content (AvgIpc) is 3.60. The summed E-state index contributed by atoms with van der Waals surface area (Å²) in [5, 5.41) is 22.9. The molecular weight excluding hydrogens is 702 g/mol. The summed E-state index contributed by atoms with van der Waals surface area (Å²) >= 11 is 0. The van der Waals surface area contributed by atoms with Gasteiger partial charge in [0, 0.05) is 18.7 Å². The Morgan fingerprint density at radius 1 is 0.944 bits per heavy atom. The van der Waals surface area contributed by atoms with E-state index in [4.69, 9.17) is 27.0 Å². The van der Waals surface area contributed by atoms with Crippen LogP contribution in [-0.2, 0) is 38.7 Å². The van der Waals surface area contributed by atoms with Crippen molar-refractivity contribution in [2.75, 3.05) is 19.7 Å². The normalized spacial score (nSPS) is 11.9. The Labute approximate surface area is 310 Å². The van der Waals surface area contributed by atoms with Crippen LogP contribution in [0.3, 0.4) is 0 Å². The third-order valence-electron chi connectivity index (χ3n) is 7.99. The molecule has 0 aliphatic carbocycles. The number of carboxylic acids is 1. The lowest BCUT2D eigenvalue weighted by atomic mass is 10.0. The van der Waals surface area contributed by atoms with Gasteiger partial charge in [0.1, 0.15) is 28.9 Å². The molecule has 0 bridgehead atoms. The summed E-state index contributed by atoms with van der Waals surface area (Å²) in [6.07, 6.45) is 3.38. The highest BCUT2D eigenvalue weighted by Crippen LogP contribution is 2.22. The highest BCUT2D eigenvalue weighted by Gasteiger charge is 2.24. The number of aryl methyl sites for hydroxylation is 1. The number of nitrogens with one attached hydrogen (secondary N) is 3. The number of hydrogen-bond acceptors (Lipinski definition) is 11. The number of carbonyl (C=O) groups excluding carboxylic acids is 3. The highest BCUT2D eigenvalue weighted by atomic mass is 16.5. The fourth-order valence-corrected chi connectivity index (χ4v) is 5.32. The minimum atomic E-state index is -1.06. The summed E-state index contributed by atoms with van der Waals surface area (Å²) < 4.78 is 7.88. The van der Waals surface area contributed by atoms with Crippen LogP contribution < -0.4 is 43.8 Å². The summed E-state index contributed by atoms with van der Waals surface area (Å²) in [4.78, 5) is 78.8. The van der Waals surface area contributed by atoms with E-state index in [2.05, 4.69) is 20.6 Å². The van der Waals surface area contributed by atoms with Gasteiger partial charge in [-0.3, -0.25) is 28.3 Å². The number of hydrogen-bond donors (Lipinski definition) is 8. The van der Waals surface area contributed by atoms with E-state index >= 15 is 0 Å². The van der Waals surface area contributed by atoms with E-state index in [0.717, 1.165) is 12.0 Å². The van der Waals surface area contributed by atoms with Gasteiger partial charge in [-0.2, -0.15) is 0 Å². The number of imidazole rings is 1. The number of fused-ring (bicyclic) bond motifs is 1. The number of unbranched alkanes of at least 4 members (excludes halogenated alkanes) is 1. The number of phenolic OH excluding ortho intramolecular Hbond substituents is 1. The Bertz CT molecular complexity index is 1990. The molecule has 0 radical (unpaired) electrons. The predicted octanol–water partition coefficient (Wildman–Crippen LogP) is 0.314. The lowest BCUT2D eigenvalue weighted by molar-refractivity contribution is -0.139. The lowest BCUT2D eigenvalue weighted by Crippen LogP contribution is -2.53. The van der Waals surface area contributed by atoms with E-state index in [-0.39, 0.29) is 30.0 Å². The molecule has 0 fully saturated rings. The molecule has 0 spiro atoms. The summed E-state index contributed by atoms with van der Waals surface area (Å²) in [6.45, 7) is 4.42. The topological polar surface area (TPSA) is 293 Å². The van der Waals surface area contributed by atoms with E-state index in [1.54, 1.807) is 36.4 Å². The van der Waals surface area contributed by atoms with Gasteiger partial charge in [0.15, 0.2) is 12.3 Å². The van der Waals surface area contributed by atoms with Gasteiger partial charge in [0.05, 0.1) is 12.6 Å². The van der Waals surface area contributed by atoms with Crippen molar-refractivity contribution in [1.82, 2.24) is 29.7 Å². The van der Waals surface area contributed by atoms with Crippen molar-refractivity contribution in [3.05, 3.63) is 74.9 Å². The molecule has 292 valence electrons. The number of aromatic amines is 1. The Kier molecular flexibility index (Phi) is 16.4. The Hall–Kier alpha value is -6.01. The number of nitrogens with zero attached hydrogens (tertiary/aromatic N) is 3. The van der Waals surface area contributed by atoms with Gasteiger partial charge in [0.2, 0.25) is 17.7 Å². The molecule has 54 heavy (non-hydrogen) atoms. The standard InChI is InChI=1S/C19H22N4O5.C17H27N5O4/c1-3-9-22-17-15(18(26)23(10-4-2)19(22)27)20-16(21-17)12-5-7-13(8-6-12)28-11-14(24)25;18-8-2-1-3-14(17(26)21-10-15(20)24)22-16(25)13(19)9-11-4-6-12(23)7-5-11/h5-8H,3-4,9-11H2,1-2H3,(H,20,21)(H,24,25);4-7,13-14,23H,1-3,8-10,18-19H2,(H2,20,24)(H,21,26)(H,22,25)/t;13-,14+/m.0/s1. The van der Waals surface area contributed by atoms with Crippen LogP contribution in [0.5, 0.6) is 11.5 Å². The van der Waals surface area contributed by atoms with Crippen LogP contribution in [0, 0.1) is 0 Å². The molecule has 0 aliphatic heterocycles. The maximum absolute atomic E-state index is 12.7. The van der Waals surface area contributed by atoms with Gasteiger partial charge in [-0.1, -0.05) is 26.0 Å². The number of ether oxygens (including phenoxy) is 1. The number of nitrogens with two attached hydrogens (primary N) is 3. The number of benzene rings is 2. The van der Waals surface area contributed by atoms with Crippen LogP contribution in [0.4, 0.5) is 0 Å². The number of primary amides is 1. The molecule has 4 aromatic rings. The quantitative estimate of drug-likeness (QED) is 0.0601. The van der Waals surface area contributed by atoms with Crippen molar-refractivity contribution in [3.63, 3.8) is 0 Å². The maximum atomic E-state index is 12.7. The number of amides is 3. The van der Waals surface area contributed by atoms with Crippen molar-refractivity contribution < 1.29 is 34.1 Å². The molecule has 2 heterocycles. The number of phenols is 1. The second kappa shape index (κ2) is 20.9. The van der Waals surface area contributed by atoms with Gasteiger partial charge >= 0.3 is 11.7 Å². The van der Waals surface area contributed by atoms with E-state index in [9.17, 15) is 33.9 Å². The first-order valence-corrected chi connectivity index (χ1v) is 17.6. The first-order chi connectivity index (χ1) is 25.8. The summed E-state index contributed by atoms with van der Waals surface area (Å²) in [7, 11) is 0. The number of carboxylic acid groups (broad SMARTS) is 1. The number of carbonyl (C=O) groups is 4. The molecule has 0 saturated heterocycles. The second-order valence-corrected chi connectivity index (χ2v) is 12.4. The lowest BCUT2D eigenvalue weighted by Gasteiger charge is -2.20. The monoisotopic (exact) mass is 751 g/mol. The minimum Gasteiger partial charge on any atom is -0.508 e. The molecule has 0 aliphatic rings. The van der Waals surface area contributed by atoms with Crippen molar-refractivity contribution in [2.45, 2.75) is 77.5 Å². The fourth-order valence-electron chi connectivity index (χ4n) is 5.32. The van der Waals surface area contributed by atoms with Crippen molar-refractivity contribution in [1.29, 1.82) is 0 Å². The summed E-state index contributed by atoms with van der Waals surface area (Å²) in [6, 6.07) is 11.3. The van der Waals surface area contributed by atoms with Crippen LogP contribution in [0.25, 0.3) is 22.6 Å². The van der Waals surface area contributed by atoms with E-state index < -0.39 is 42.4 Å². The zero-order valence-electron chi connectivity index (χ0n) is 30.4. The largest absolute Gasteiger partial charge is 0.508 e. The van der Waals surface area contributed by atoms with Crippen molar-refractivity contribution in [2.24, 2.45) is 17.2 Å². The van der Waals surface area contributed by atoms with Gasteiger partial charge < -0.3 is 47.8 Å². The number of aromatic hydroxyl groups is 1. The highest BCUT2D eigenvalue weighted by molar-refractivity contribution is 5.91. The van der Waals surface area contributed by atoms with Gasteiger partial charge in [-0.05, 0) is 87.0 Å². The molecule has 2 atom stereocenters. The molecule has 3 amide bonds. The third kappa shape index (κ3) is 12.3. The summed E-state index contributed by atoms with van der Waals surface area (Å²) in [5.74, 6) is -1.72. The van der Waals surface area contributed by atoms with Gasteiger partial charge in [-0.15, -0.1) is 0 Å². The zero-order valence-corrected chi connectivity index (χ0v) is 30.4. The predicted molar refractivity (Wildman–Crippen MR) is 201 cm³/mol. The third-order valence-corrected chi connectivity index (χ3v) is 7.99. The molecule has 0 unspecified atom stereocenters. The average molecular weight is 752 g/mol. The second-order valence-electron chi connectivity index (χ2n) is 12.4. The van der Waals surface area contributed by atoms with Crippen LogP contribution in [0.2, 0.25) is 0 Å². The summed E-state index contributed by atoms with van der Waals surface area (Å²) in [5.41, 5.74) is 17.7. The Morgan fingerprint density at radius 2 is 1.59 bits per heavy atom. The molecule has 2 aromatic carbocycles. The minimum absolute atomic E-state index is 0.123. The fraction of sp³-hybridized carbons (Fsp3) is 0.417.